The number of halogens is 1. The van der Waals surface area contributed by atoms with Crippen LogP contribution in [0.3, 0.4) is 0 Å². The number of nitrogens with two attached hydrogens (primary N) is 1. The van der Waals surface area contributed by atoms with Gasteiger partial charge in [0.05, 0.1) is 0 Å². The van der Waals surface area contributed by atoms with Crippen LogP contribution in [0.5, 0.6) is 0 Å². The number of hydrogen-bond acceptors (Lipinski definition) is 4. The Morgan fingerprint density at radius 3 is 3.06 bits per heavy atom. The van der Waals surface area contributed by atoms with E-state index in [4.69, 9.17) is 5.73 Å². The first-order chi connectivity index (χ1) is 7.69. The number of nitrogens with zero attached hydrogens (tertiary/aromatic N) is 3. The van der Waals surface area contributed by atoms with Gasteiger partial charge in [-0.25, -0.2) is 4.98 Å². The van der Waals surface area contributed by atoms with Crippen molar-refractivity contribution < 1.29 is 0 Å². The smallest absolute Gasteiger partial charge is 0.228 e. The molecule has 1 unspecified atom stereocenters. The van der Waals surface area contributed by atoms with Crippen molar-refractivity contribution in [2.45, 2.75) is 26.2 Å². The van der Waals surface area contributed by atoms with Crippen LogP contribution in [0.1, 0.15) is 26.2 Å². The Morgan fingerprint density at radius 1 is 1.56 bits per heavy atom. The second-order valence-electron chi connectivity index (χ2n) is 4.28. The van der Waals surface area contributed by atoms with Crippen molar-refractivity contribution in [3.63, 3.8) is 0 Å². The predicted molar refractivity (Wildman–Crippen MR) is 69.4 cm³/mol. The molecule has 1 fully saturated rings. The lowest BCUT2D eigenvalue weighted by Crippen LogP contribution is -2.36. The molecule has 1 aliphatic rings. The molecule has 1 aliphatic heterocycles. The van der Waals surface area contributed by atoms with Gasteiger partial charge in [-0.2, -0.15) is 4.98 Å². The minimum Gasteiger partial charge on any atom is -0.383 e. The molecular formula is C11H17BrN4. The minimum absolute atomic E-state index is 0.524. The van der Waals surface area contributed by atoms with Gasteiger partial charge in [-0.05, 0) is 34.7 Å². The highest BCUT2D eigenvalue weighted by atomic mass is 79.9. The van der Waals surface area contributed by atoms with Crippen molar-refractivity contribution in [3.05, 3.63) is 10.7 Å². The Bertz CT molecular complexity index is 349. The van der Waals surface area contributed by atoms with Crippen molar-refractivity contribution in [1.82, 2.24) is 9.97 Å². The van der Waals surface area contributed by atoms with Gasteiger partial charge in [0.25, 0.3) is 0 Å². The Kier molecular flexibility index (Phi) is 3.63. The molecule has 0 bridgehead atoms. The van der Waals surface area contributed by atoms with Crippen molar-refractivity contribution in [2.75, 3.05) is 23.7 Å². The van der Waals surface area contributed by atoms with Gasteiger partial charge in [0, 0.05) is 19.2 Å². The van der Waals surface area contributed by atoms with Crippen LogP contribution < -0.4 is 10.6 Å². The molecule has 2 rings (SSSR count). The van der Waals surface area contributed by atoms with E-state index in [1.807, 2.05) is 0 Å². The van der Waals surface area contributed by atoms with Gasteiger partial charge < -0.3 is 10.6 Å². The van der Waals surface area contributed by atoms with Crippen molar-refractivity contribution in [1.29, 1.82) is 0 Å². The lowest BCUT2D eigenvalue weighted by molar-refractivity contribution is 0.401. The van der Waals surface area contributed by atoms with Crippen LogP contribution in [0.2, 0.25) is 0 Å². The molecule has 1 aromatic rings. The van der Waals surface area contributed by atoms with Gasteiger partial charge in [0.15, 0.2) is 0 Å². The summed E-state index contributed by atoms with van der Waals surface area (Å²) in [5.41, 5.74) is 5.73. The molecule has 0 spiro atoms. The maximum Gasteiger partial charge on any atom is 0.228 e. The first-order valence-corrected chi connectivity index (χ1v) is 6.53. The quantitative estimate of drug-likeness (QED) is 0.848. The first-order valence-electron chi connectivity index (χ1n) is 5.74. The topological polar surface area (TPSA) is 55.0 Å². The fourth-order valence-electron chi connectivity index (χ4n) is 2.14. The van der Waals surface area contributed by atoms with Crippen LogP contribution in [0.15, 0.2) is 10.7 Å². The summed E-state index contributed by atoms with van der Waals surface area (Å²) < 4.78 is 0.758. The lowest BCUT2D eigenvalue weighted by Gasteiger charge is -2.32. The van der Waals surface area contributed by atoms with E-state index < -0.39 is 0 Å². The van der Waals surface area contributed by atoms with Crippen molar-refractivity contribution in [3.8, 4) is 0 Å². The lowest BCUT2D eigenvalue weighted by atomic mass is 9.96. The zero-order chi connectivity index (χ0) is 11.5. The van der Waals surface area contributed by atoms with E-state index in [9.17, 15) is 0 Å². The Balaban J connectivity index is 2.16. The number of anilines is 2. The van der Waals surface area contributed by atoms with Gasteiger partial charge in [0.1, 0.15) is 10.4 Å². The molecule has 2 heterocycles. The molecule has 0 amide bonds. The third kappa shape index (κ3) is 2.64. The van der Waals surface area contributed by atoms with Gasteiger partial charge in [0.2, 0.25) is 5.95 Å². The highest BCUT2D eigenvalue weighted by Crippen LogP contribution is 2.24. The molecule has 1 saturated heterocycles. The van der Waals surface area contributed by atoms with Crippen LogP contribution in [0, 0.1) is 5.92 Å². The molecule has 2 N–H and O–H groups in total. The Labute approximate surface area is 104 Å². The normalized spacial score (nSPS) is 21.1. The molecule has 88 valence electrons. The van der Waals surface area contributed by atoms with Crippen LogP contribution in [0.4, 0.5) is 11.8 Å². The monoisotopic (exact) mass is 284 g/mol. The van der Waals surface area contributed by atoms with Crippen LogP contribution in [-0.2, 0) is 0 Å². The van der Waals surface area contributed by atoms with Gasteiger partial charge in [-0.1, -0.05) is 13.3 Å². The second-order valence-corrected chi connectivity index (χ2v) is 5.09. The van der Waals surface area contributed by atoms with E-state index >= 15 is 0 Å². The van der Waals surface area contributed by atoms with Crippen molar-refractivity contribution in [2.24, 2.45) is 5.92 Å². The Morgan fingerprint density at radius 2 is 2.38 bits per heavy atom. The summed E-state index contributed by atoms with van der Waals surface area (Å²) in [6.07, 6.45) is 3.75. The zero-order valence-electron chi connectivity index (χ0n) is 9.49. The van der Waals surface area contributed by atoms with E-state index in [-0.39, 0.29) is 0 Å². The van der Waals surface area contributed by atoms with Crippen LogP contribution >= 0.6 is 15.9 Å². The maximum atomic E-state index is 5.73. The molecule has 0 saturated carbocycles. The van der Waals surface area contributed by atoms with Crippen molar-refractivity contribution >= 4 is 27.7 Å². The summed E-state index contributed by atoms with van der Waals surface area (Å²) in [6.45, 7) is 4.32. The number of hydrogen-bond donors (Lipinski definition) is 1. The Hall–Kier alpha value is -0.840. The van der Waals surface area contributed by atoms with E-state index in [1.54, 1.807) is 6.07 Å². The fourth-order valence-corrected chi connectivity index (χ4v) is 2.54. The number of nitrogen functional groups attached to an aromatic ring is 1. The summed E-state index contributed by atoms with van der Waals surface area (Å²) in [5, 5.41) is 0. The molecule has 4 nitrogen and oxygen atoms in total. The fraction of sp³-hybridized carbons (Fsp3) is 0.636. The molecule has 16 heavy (non-hydrogen) atoms. The molecule has 0 radical (unpaired) electrons. The van der Waals surface area contributed by atoms with E-state index in [0.29, 0.717) is 5.82 Å². The summed E-state index contributed by atoms with van der Waals surface area (Å²) in [6, 6.07) is 1.73. The van der Waals surface area contributed by atoms with E-state index in [2.05, 4.69) is 37.7 Å². The number of aromatic nitrogens is 2. The third-order valence-electron chi connectivity index (χ3n) is 3.08. The molecular weight excluding hydrogens is 268 g/mol. The summed E-state index contributed by atoms with van der Waals surface area (Å²) in [5.74, 6) is 2.04. The summed E-state index contributed by atoms with van der Waals surface area (Å²) in [4.78, 5) is 10.9. The van der Waals surface area contributed by atoms with E-state index in [0.717, 1.165) is 29.6 Å². The molecule has 1 atom stereocenters. The standard InChI is InChI=1S/C11H17BrN4/c1-2-8-4-3-5-16(7-8)11-14-9(12)6-10(13)15-11/h6,8H,2-5,7H2,1H3,(H2,13,14,15). The van der Waals surface area contributed by atoms with Gasteiger partial charge in [-0.3, -0.25) is 0 Å². The van der Waals surface area contributed by atoms with Crippen LogP contribution in [-0.4, -0.2) is 23.1 Å². The number of piperidine rings is 1. The average molecular weight is 285 g/mol. The summed E-state index contributed by atoms with van der Waals surface area (Å²) in [7, 11) is 0. The molecule has 5 heteroatoms. The van der Waals surface area contributed by atoms with Crippen LogP contribution in [0.25, 0.3) is 0 Å². The van der Waals surface area contributed by atoms with Gasteiger partial charge >= 0.3 is 0 Å². The molecule has 1 aromatic heterocycles. The minimum atomic E-state index is 0.524. The third-order valence-corrected chi connectivity index (χ3v) is 3.49. The molecule has 0 aliphatic carbocycles. The average Bonchev–Trinajstić information content (AvgIpc) is 2.28. The SMILES string of the molecule is CCC1CCCN(c2nc(N)cc(Br)n2)C1. The maximum absolute atomic E-state index is 5.73. The van der Waals surface area contributed by atoms with Gasteiger partial charge in [-0.15, -0.1) is 0 Å². The first kappa shape index (κ1) is 11.6. The predicted octanol–water partition coefficient (Wildman–Crippen LogP) is 2.45. The highest BCUT2D eigenvalue weighted by molar-refractivity contribution is 9.10. The van der Waals surface area contributed by atoms with E-state index in [1.165, 1.54) is 19.3 Å². The largest absolute Gasteiger partial charge is 0.383 e. The number of rotatable bonds is 2. The highest BCUT2D eigenvalue weighted by Gasteiger charge is 2.20. The summed E-state index contributed by atoms with van der Waals surface area (Å²) >= 11 is 3.35. The second kappa shape index (κ2) is 4.99. The molecule has 0 aromatic carbocycles. The zero-order valence-corrected chi connectivity index (χ0v) is 11.1.